The van der Waals surface area contributed by atoms with Crippen LogP contribution in [0.5, 0.6) is 0 Å². The molecule has 9 nitrogen and oxygen atoms in total. The molecule has 1 aliphatic rings. The number of hydrogen-bond acceptors (Lipinski definition) is 8. The van der Waals surface area contributed by atoms with Crippen LogP contribution in [0.15, 0.2) is 27.4 Å². The Morgan fingerprint density at radius 3 is 2.70 bits per heavy atom. The Bertz CT molecular complexity index is 927. The van der Waals surface area contributed by atoms with Gasteiger partial charge in [-0.05, 0) is 38.1 Å². The molecule has 3 aromatic heterocycles. The number of furan rings is 1. The standard InChI is InChI=1S/C18H21N5O4/c24-18(25)15-14-16(20-11-21-17(14)27-22-15)19-9-12-5-6-13(26-12)10-23-7-3-1-2-4-8-23/h5-6,11H,1-4,7-10H2,(H,24,25)(H,19,20,21). The van der Waals surface area contributed by atoms with Gasteiger partial charge in [0.25, 0.3) is 5.71 Å². The summed E-state index contributed by atoms with van der Waals surface area (Å²) in [7, 11) is 0. The molecule has 0 spiro atoms. The first-order chi connectivity index (χ1) is 13.2. The van der Waals surface area contributed by atoms with Crippen LogP contribution in [0.25, 0.3) is 11.1 Å². The number of nitrogens with zero attached hydrogens (tertiary/aromatic N) is 4. The molecule has 142 valence electrons. The normalized spacial score (nSPS) is 15.7. The van der Waals surface area contributed by atoms with Crippen molar-refractivity contribution in [2.24, 2.45) is 0 Å². The lowest BCUT2D eigenvalue weighted by atomic mass is 10.2. The average Bonchev–Trinajstić information content (AvgIpc) is 3.21. The van der Waals surface area contributed by atoms with Gasteiger partial charge < -0.3 is 19.4 Å². The summed E-state index contributed by atoms with van der Waals surface area (Å²) in [4.78, 5) is 21.7. The number of carboxylic acids is 1. The van der Waals surface area contributed by atoms with Crippen LogP contribution in [0.3, 0.4) is 0 Å². The molecule has 4 rings (SSSR count). The first kappa shape index (κ1) is 17.5. The summed E-state index contributed by atoms with van der Waals surface area (Å²) in [5, 5.41) is 16.1. The number of fused-ring (bicyclic) bond motifs is 1. The lowest BCUT2D eigenvalue weighted by Crippen LogP contribution is -2.23. The van der Waals surface area contributed by atoms with Gasteiger partial charge in [-0.15, -0.1) is 0 Å². The minimum Gasteiger partial charge on any atom is -0.476 e. The Morgan fingerprint density at radius 1 is 1.15 bits per heavy atom. The SMILES string of the molecule is O=C(O)c1noc2ncnc(NCc3ccc(CN4CCCCCC4)o3)c12. The monoisotopic (exact) mass is 371 g/mol. The number of aromatic nitrogens is 3. The quantitative estimate of drug-likeness (QED) is 0.674. The van der Waals surface area contributed by atoms with E-state index in [1.165, 1.54) is 32.0 Å². The van der Waals surface area contributed by atoms with Crippen molar-refractivity contribution in [3.63, 3.8) is 0 Å². The van der Waals surface area contributed by atoms with Gasteiger partial charge in [-0.2, -0.15) is 4.98 Å². The van der Waals surface area contributed by atoms with Gasteiger partial charge in [0.2, 0.25) is 5.69 Å². The van der Waals surface area contributed by atoms with Crippen LogP contribution >= 0.6 is 0 Å². The molecule has 0 bridgehead atoms. The van der Waals surface area contributed by atoms with Crippen LogP contribution in [0.1, 0.15) is 47.7 Å². The van der Waals surface area contributed by atoms with Crippen molar-refractivity contribution in [2.45, 2.75) is 38.8 Å². The Kier molecular flexibility index (Phi) is 5.01. The van der Waals surface area contributed by atoms with E-state index in [4.69, 9.17) is 8.94 Å². The maximum absolute atomic E-state index is 11.3. The van der Waals surface area contributed by atoms with E-state index in [1.54, 1.807) is 0 Å². The maximum atomic E-state index is 11.3. The van der Waals surface area contributed by atoms with Gasteiger partial charge in [-0.1, -0.05) is 18.0 Å². The third kappa shape index (κ3) is 3.92. The first-order valence-electron chi connectivity index (χ1n) is 9.08. The van der Waals surface area contributed by atoms with Crippen molar-refractivity contribution in [3.05, 3.63) is 35.7 Å². The highest BCUT2D eigenvalue weighted by molar-refractivity contribution is 6.03. The summed E-state index contributed by atoms with van der Waals surface area (Å²) in [6.07, 6.45) is 6.39. The first-order valence-corrected chi connectivity index (χ1v) is 9.08. The zero-order chi connectivity index (χ0) is 18.6. The molecule has 4 heterocycles. The minimum atomic E-state index is -1.19. The predicted octanol–water partition coefficient (Wildman–Crippen LogP) is 2.90. The van der Waals surface area contributed by atoms with Crippen LogP contribution < -0.4 is 5.32 Å². The summed E-state index contributed by atoms with van der Waals surface area (Å²) in [6, 6.07) is 3.91. The molecule has 0 radical (unpaired) electrons. The van der Waals surface area contributed by atoms with E-state index in [0.717, 1.165) is 31.2 Å². The van der Waals surface area contributed by atoms with E-state index in [2.05, 4.69) is 25.3 Å². The summed E-state index contributed by atoms with van der Waals surface area (Å²) < 4.78 is 10.9. The highest BCUT2D eigenvalue weighted by atomic mass is 16.5. The molecule has 3 aromatic rings. The van der Waals surface area contributed by atoms with E-state index < -0.39 is 5.97 Å². The van der Waals surface area contributed by atoms with Crippen molar-refractivity contribution in [2.75, 3.05) is 18.4 Å². The molecule has 0 saturated carbocycles. The Hall–Kier alpha value is -2.94. The fourth-order valence-corrected chi connectivity index (χ4v) is 3.35. The largest absolute Gasteiger partial charge is 0.476 e. The summed E-state index contributed by atoms with van der Waals surface area (Å²) in [6.45, 7) is 3.40. The van der Waals surface area contributed by atoms with E-state index in [1.807, 2.05) is 12.1 Å². The minimum absolute atomic E-state index is 0.131. The van der Waals surface area contributed by atoms with Crippen molar-refractivity contribution in [1.29, 1.82) is 0 Å². The topological polar surface area (TPSA) is 118 Å². The zero-order valence-electron chi connectivity index (χ0n) is 14.8. The second kappa shape index (κ2) is 7.75. The molecular weight excluding hydrogens is 350 g/mol. The maximum Gasteiger partial charge on any atom is 0.358 e. The second-order valence-electron chi connectivity index (χ2n) is 6.65. The van der Waals surface area contributed by atoms with Crippen LogP contribution in [-0.2, 0) is 13.1 Å². The van der Waals surface area contributed by atoms with E-state index >= 15 is 0 Å². The predicted molar refractivity (Wildman–Crippen MR) is 96.3 cm³/mol. The van der Waals surface area contributed by atoms with Crippen LogP contribution in [0.2, 0.25) is 0 Å². The lowest BCUT2D eigenvalue weighted by Gasteiger charge is -2.17. The zero-order valence-corrected chi connectivity index (χ0v) is 14.8. The second-order valence-corrected chi connectivity index (χ2v) is 6.65. The number of hydrogen-bond donors (Lipinski definition) is 2. The highest BCUT2D eigenvalue weighted by Gasteiger charge is 2.20. The number of anilines is 1. The number of aromatic carboxylic acids is 1. The van der Waals surface area contributed by atoms with Crippen molar-refractivity contribution in [3.8, 4) is 0 Å². The third-order valence-electron chi connectivity index (χ3n) is 4.70. The molecule has 0 amide bonds. The van der Waals surface area contributed by atoms with Crippen LogP contribution in [0.4, 0.5) is 5.82 Å². The van der Waals surface area contributed by atoms with E-state index in [9.17, 15) is 9.90 Å². The Balaban J connectivity index is 1.44. The van der Waals surface area contributed by atoms with Gasteiger partial charge in [-0.25, -0.2) is 9.78 Å². The summed E-state index contributed by atoms with van der Waals surface area (Å²) in [5.74, 6) is 0.839. The number of likely N-dealkylation sites (tertiary alicyclic amines) is 1. The van der Waals surface area contributed by atoms with Gasteiger partial charge in [0.05, 0.1) is 13.1 Å². The number of rotatable bonds is 6. The van der Waals surface area contributed by atoms with E-state index in [-0.39, 0.29) is 16.8 Å². The Labute approximate surface area is 155 Å². The Morgan fingerprint density at radius 2 is 1.93 bits per heavy atom. The number of carbonyl (C=O) groups is 1. The van der Waals surface area contributed by atoms with Crippen molar-refractivity contribution in [1.82, 2.24) is 20.0 Å². The third-order valence-corrected chi connectivity index (χ3v) is 4.70. The average molecular weight is 371 g/mol. The molecule has 27 heavy (non-hydrogen) atoms. The van der Waals surface area contributed by atoms with Crippen LogP contribution in [-0.4, -0.2) is 44.2 Å². The molecule has 1 aliphatic heterocycles. The van der Waals surface area contributed by atoms with Gasteiger partial charge in [0.15, 0.2) is 0 Å². The smallest absolute Gasteiger partial charge is 0.358 e. The molecule has 1 saturated heterocycles. The molecule has 1 fully saturated rings. The van der Waals surface area contributed by atoms with Gasteiger partial charge in [0, 0.05) is 0 Å². The summed E-state index contributed by atoms with van der Waals surface area (Å²) >= 11 is 0. The molecule has 0 atom stereocenters. The van der Waals surface area contributed by atoms with Crippen LogP contribution in [0, 0.1) is 0 Å². The molecule has 0 aromatic carbocycles. The molecule has 0 aliphatic carbocycles. The number of carboxylic acid groups (broad SMARTS) is 1. The molecule has 2 N–H and O–H groups in total. The van der Waals surface area contributed by atoms with Gasteiger partial charge >= 0.3 is 5.97 Å². The molecular formula is C18H21N5O4. The van der Waals surface area contributed by atoms with Crippen molar-refractivity contribution < 1.29 is 18.8 Å². The number of nitrogens with one attached hydrogen (secondary N) is 1. The fraction of sp³-hybridized carbons (Fsp3) is 0.444. The fourth-order valence-electron chi connectivity index (χ4n) is 3.35. The summed E-state index contributed by atoms with van der Waals surface area (Å²) in [5.41, 5.74) is -0.0828. The lowest BCUT2D eigenvalue weighted by molar-refractivity contribution is 0.0688. The molecule has 0 unspecified atom stereocenters. The molecule has 9 heteroatoms. The van der Waals surface area contributed by atoms with Gasteiger partial charge in [0.1, 0.15) is 29.1 Å². The highest BCUT2D eigenvalue weighted by Crippen LogP contribution is 2.24. The van der Waals surface area contributed by atoms with Gasteiger partial charge in [-0.3, -0.25) is 4.90 Å². The van der Waals surface area contributed by atoms with Crippen molar-refractivity contribution >= 4 is 22.9 Å². The van der Waals surface area contributed by atoms with E-state index in [0.29, 0.717) is 12.4 Å².